The third-order valence-corrected chi connectivity index (χ3v) is 5.22. The summed E-state index contributed by atoms with van der Waals surface area (Å²) in [6.45, 7) is 4.35. The fourth-order valence-electron chi connectivity index (χ4n) is 4.37. The highest BCUT2D eigenvalue weighted by Gasteiger charge is 2.59. The second kappa shape index (κ2) is 4.70. The Morgan fingerprint density at radius 1 is 1.00 bits per heavy atom. The number of hydrogen-bond donors (Lipinski definition) is 1. The molecule has 2 fully saturated rings. The number of imide groups is 1. The number of benzene rings is 1. The Hall–Kier alpha value is -2.10. The summed E-state index contributed by atoms with van der Waals surface area (Å²) in [6.07, 6.45) is 5.22. The summed E-state index contributed by atoms with van der Waals surface area (Å²) in [5, 5.41) is 3.23. The van der Waals surface area contributed by atoms with Crippen LogP contribution in [0.5, 0.6) is 0 Å². The van der Waals surface area contributed by atoms with Crippen LogP contribution in [-0.4, -0.2) is 23.4 Å². The Labute approximate surface area is 130 Å². The first-order valence-corrected chi connectivity index (χ1v) is 7.90. The number of aryl methyl sites for hydroxylation is 2. The molecule has 1 saturated heterocycles. The number of fused-ring (bicyclic) bond motifs is 5. The summed E-state index contributed by atoms with van der Waals surface area (Å²) < 4.78 is 0. The summed E-state index contributed by atoms with van der Waals surface area (Å²) in [4.78, 5) is 26.6. The molecule has 2 amide bonds. The van der Waals surface area contributed by atoms with Gasteiger partial charge in [0.2, 0.25) is 11.8 Å². The van der Waals surface area contributed by atoms with Gasteiger partial charge in [-0.05, 0) is 55.4 Å². The second-order valence-electron chi connectivity index (χ2n) is 6.82. The van der Waals surface area contributed by atoms with Gasteiger partial charge in [-0.15, -0.1) is 0 Å². The monoisotopic (exact) mass is 296 g/mol. The van der Waals surface area contributed by atoms with Crippen molar-refractivity contribution in [3.05, 3.63) is 41.5 Å². The Balaban J connectivity index is 1.50. The average Bonchev–Trinajstić information content (AvgIpc) is 3.11. The first-order valence-electron chi connectivity index (χ1n) is 7.90. The molecule has 3 aliphatic rings. The maximum Gasteiger partial charge on any atom is 0.235 e. The third-order valence-electron chi connectivity index (χ3n) is 5.22. The first kappa shape index (κ1) is 13.6. The smallest absolute Gasteiger partial charge is 0.235 e. The molecule has 1 aromatic carbocycles. The lowest BCUT2D eigenvalue weighted by atomic mass is 9.85. The van der Waals surface area contributed by atoms with Crippen molar-refractivity contribution in [3.8, 4) is 0 Å². The van der Waals surface area contributed by atoms with Gasteiger partial charge < -0.3 is 5.32 Å². The predicted octanol–water partition coefficient (Wildman–Crippen LogP) is 2.48. The number of likely N-dealkylation sites (tertiary alicyclic amines) is 1. The molecule has 0 aromatic heterocycles. The minimum atomic E-state index is -0.108. The highest BCUT2D eigenvalue weighted by Crippen LogP contribution is 2.52. The van der Waals surface area contributed by atoms with Crippen LogP contribution < -0.4 is 5.32 Å². The van der Waals surface area contributed by atoms with Gasteiger partial charge in [-0.3, -0.25) is 14.5 Å². The fraction of sp³-hybridized carbons (Fsp3) is 0.444. The Bertz CT molecular complexity index is 644. The molecular formula is C18H20N2O2. The van der Waals surface area contributed by atoms with Gasteiger partial charge in [-0.25, -0.2) is 0 Å². The second-order valence-corrected chi connectivity index (χ2v) is 6.82. The zero-order chi connectivity index (χ0) is 15.4. The highest BCUT2D eigenvalue weighted by atomic mass is 16.2. The summed E-state index contributed by atoms with van der Waals surface area (Å²) in [5.41, 5.74) is 3.29. The summed E-state index contributed by atoms with van der Waals surface area (Å²) in [5.74, 6) is 0.342. The van der Waals surface area contributed by atoms with E-state index in [0.29, 0.717) is 0 Å². The Morgan fingerprint density at radius 3 is 2.09 bits per heavy atom. The number of anilines is 1. The number of allylic oxidation sites excluding steroid dienone is 2. The molecule has 0 spiro atoms. The van der Waals surface area contributed by atoms with Gasteiger partial charge in [0.05, 0.1) is 18.5 Å². The topological polar surface area (TPSA) is 49.4 Å². The molecule has 1 N–H and O–H groups in total. The van der Waals surface area contributed by atoms with E-state index in [2.05, 4.69) is 23.5 Å². The van der Waals surface area contributed by atoms with Crippen LogP contribution in [0.1, 0.15) is 17.5 Å². The Morgan fingerprint density at radius 2 is 1.55 bits per heavy atom. The SMILES string of the molecule is Cc1cc(C)cc(NCN2C(=O)[C@@H]3[C@H](C2=O)[C@H]2C=C[C@@H]3C2)c1. The van der Waals surface area contributed by atoms with E-state index in [1.807, 2.05) is 26.0 Å². The zero-order valence-corrected chi connectivity index (χ0v) is 12.9. The van der Waals surface area contributed by atoms with Crippen LogP contribution >= 0.6 is 0 Å². The van der Waals surface area contributed by atoms with Crippen molar-refractivity contribution in [2.75, 3.05) is 12.0 Å². The van der Waals surface area contributed by atoms with Crippen molar-refractivity contribution in [1.82, 2.24) is 4.90 Å². The average molecular weight is 296 g/mol. The molecule has 1 heterocycles. The molecule has 2 bridgehead atoms. The van der Waals surface area contributed by atoms with E-state index in [-0.39, 0.29) is 42.2 Å². The van der Waals surface area contributed by atoms with Crippen molar-refractivity contribution in [2.24, 2.45) is 23.7 Å². The molecule has 4 heteroatoms. The predicted molar refractivity (Wildman–Crippen MR) is 84.0 cm³/mol. The van der Waals surface area contributed by atoms with Gasteiger partial charge in [-0.2, -0.15) is 0 Å². The number of hydrogen-bond acceptors (Lipinski definition) is 3. The molecule has 0 unspecified atom stereocenters. The number of amides is 2. The van der Waals surface area contributed by atoms with Gasteiger partial charge >= 0.3 is 0 Å². The first-order chi connectivity index (χ1) is 10.5. The van der Waals surface area contributed by atoms with Gasteiger partial charge in [0, 0.05) is 5.69 Å². The molecule has 22 heavy (non-hydrogen) atoms. The standard InChI is InChI=1S/C18H20N2O2/c1-10-5-11(2)7-14(6-10)19-9-20-17(21)15-12-3-4-13(8-12)16(15)18(20)22/h3-7,12-13,15-16,19H,8-9H2,1-2H3/t12-,13+,15+,16-. The van der Waals surface area contributed by atoms with E-state index in [1.54, 1.807) is 0 Å². The van der Waals surface area contributed by atoms with Crippen molar-refractivity contribution >= 4 is 17.5 Å². The largest absolute Gasteiger partial charge is 0.367 e. The van der Waals surface area contributed by atoms with Crippen LogP contribution in [0.3, 0.4) is 0 Å². The van der Waals surface area contributed by atoms with E-state index in [9.17, 15) is 9.59 Å². The molecule has 1 aromatic rings. The zero-order valence-electron chi connectivity index (χ0n) is 12.9. The maximum absolute atomic E-state index is 12.6. The number of rotatable bonds is 3. The van der Waals surface area contributed by atoms with E-state index in [0.717, 1.165) is 12.1 Å². The maximum atomic E-state index is 12.6. The quantitative estimate of drug-likeness (QED) is 0.688. The van der Waals surface area contributed by atoms with Crippen LogP contribution in [0.4, 0.5) is 5.69 Å². The number of nitrogens with one attached hydrogen (secondary N) is 1. The minimum Gasteiger partial charge on any atom is -0.367 e. The molecule has 114 valence electrons. The van der Waals surface area contributed by atoms with Crippen LogP contribution in [0.2, 0.25) is 0 Å². The molecule has 4 atom stereocenters. The van der Waals surface area contributed by atoms with E-state index < -0.39 is 0 Å². The number of nitrogens with zero attached hydrogens (tertiary/aromatic N) is 1. The van der Waals surface area contributed by atoms with Crippen LogP contribution in [-0.2, 0) is 9.59 Å². The van der Waals surface area contributed by atoms with E-state index >= 15 is 0 Å². The molecule has 4 nitrogen and oxygen atoms in total. The van der Waals surface area contributed by atoms with Gasteiger partial charge in [0.15, 0.2) is 0 Å². The highest BCUT2D eigenvalue weighted by molar-refractivity contribution is 6.06. The minimum absolute atomic E-state index is 0.00345. The van der Waals surface area contributed by atoms with Crippen molar-refractivity contribution in [2.45, 2.75) is 20.3 Å². The Kier molecular flexibility index (Phi) is 2.90. The molecule has 0 radical (unpaired) electrons. The summed E-state index contributed by atoms with van der Waals surface area (Å²) in [6, 6.07) is 6.17. The molecule has 2 aliphatic carbocycles. The summed E-state index contributed by atoms with van der Waals surface area (Å²) >= 11 is 0. The summed E-state index contributed by atoms with van der Waals surface area (Å²) in [7, 11) is 0. The van der Waals surface area contributed by atoms with Crippen molar-refractivity contribution in [3.63, 3.8) is 0 Å². The van der Waals surface area contributed by atoms with Crippen molar-refractivity contribution < 1.29 is 9.59 Å². The van der Waals surface area contributed by atoms with Crippen molar-refractivity contribution in [1.29, 1.82) is 0 Å². The number of carbonyl (C=O) groups is 2. The lowest BCUT2D eigenvalue weighted by molar-refractivity contribution is -0.140. The molecule has 1 aliphatic heterocycles. The third kappa shape index (κ3) is 1.90. The molecule has 1 saturated carbocycles. The normalized spacial score (nSPS) is 32.0. The van der Waals surface area contributed by atoms with E-state index in [4.69, 9.17) is 0 Å². The van der Waals surface area contributed by atoms with Crippen LogP contribution in [0.25, 0.3) is 0 Å². The van der Waals surface area contributed by atoms with Gasteiger partial charge in [0.25, 0.3) is 0 Å². The van der Waals surface area contributed by atoms with Gasteiger partial charge in [0.1, 0.15) is 0 Å². The lowest BCUT2D eigenvalue weighted by Gasteiger charge is -2.19. The molecule has 4 rings (SSSR count). The van der Waals surface area contributed by atoms with E-state index in [1.165, 1.54) is 16.0 Å². The van der Waals surface area contributed by atoms with Crippen LogP contribution in [0.15, 0.2) is 30.4 Å². The lowest BCUT2D eigenvalue weighted by Crippen LogP contribution is -2.37. The number of carbonyl (C=O) groups excluding carboxylic acids is 2. The van der Waals surface area contributed by atoms with Gasteiger partial charge in [-0.1, -0.05) is 18.2 Å². The van der Waals surface area contributed by atoms with Crippen LogP contribution in [0, 0.1) is 37.5 Å². The fourth-order valence-corrected chi connectivity index (χ4v) is 4.37. The molecular weight excluding hydrogens is 276 g/mol.